The molecule has 0 aliphatic heterocycles. The first kappa shape index (κ1) is 13.5. The van der Waals surface area contributed by atoms with Crippen molar-refractivity contribution in [2.24, 2.45) is 0 Å². The zero-order valence-electron chi connectivity index (χ0n) is 10.5. The number of halogens is 2. The Labute approximate surface area is 114 Å². The van der Waals surface area contributed by atoms with E-state index in [0.29, 0.717) is 17.3 Å². The van der Waals surface area contributed by atoms with Gasteiger partial charge in [-0.2, -0.15) is 0 Å². The fourth-order valence-corrected chi connectivity index (χ4v) is 1.72. The van der Waals surface area contributed by atoms with Gasteiger partial charge in [0.25, 0.3) is 5.56 Å². The minimum atomic E-state index is -0.496. The summed E-state index contributed by atoms with van der Waals surface area (Å²) in [5.74, 6) is -0.0527. The molecule has 0 bridgehead atoms. The highest BCUT2D eigenvalue weighted by molar-refractivity contribution is 6.31. The van der Waals surface area contributed by atoms with Crippen LogP contribution >= 0.6 is 11.6 Å². The molecule has 2 rings (SSSR count). The topological polar surface area (TPSA) is 57.8 Å². The normalized spacial score (nSPS) is 10.8. The van der Waals surface area contributed by atoms with Crippen LogP contribution in [0.25, 0.3) is 0 Å². The fraction of sp³-hybridized carbons (Fsp3) is 0.231. The molecule has 0 atom stereocenters. The quantitative estimate of drug-likeness (QED) is 0.906. The summed E-state index contributed by atoms with van der Waals surface area (Å²) >= 11 is 5.69. The number of nitrogens with one attached hydrogen (secondary N) is 2. The molecule has 1 aromatic heterocycles. The van der Waals surface area contributed by atoms with Gasteiger partial charge in [-0.1, -0.05) is 25.4 Å². The molecule has 0 amide bonds. The zero-order valence-corrected chi connectivity index (χ0v) is 11.3. The van der Waals surface area contributed by atoms with Crippen LogP contribution in [-0.2, 0) is 0 Å². The number of benzene rings is 1. The van der Waals surface area contributed by atoms with Crippen molar-refractivity contribution in [2.75, 3.05) is 5.32 Å². The largest absolute Gasteiger partial charge is 0.326 e. The van der Waals surface area contributed by atoms with Gasteiger partial charge in [0.2, 0.25) is 5.95 Å². The van der Waals surface area contributed by atoms with Crippen molar-refractivity contribution < 1.29 is 4.39 Å². The van der Waals surface area contributed by atoms with Gasteiger partial charge in [0, 0.05) is 11.8 Å². The van der Waals surface area contributed by atoms with Crippen molar-refractivity contribution in [3.8, 4) is 0 Å². The van der Waals surface area contributed by atoms with Gasteiger partial charge in [0.15, 0.2) is 0 Å². The third-order valence-corrected chi connectivity index (χ3v) is 2.83. The molecule has 6 heteroatoms. The molecule has 1 heterocycles. The van der Waals surface area contributed by atoms with Crippen molar-refractivity contribution in [3.05, 3.63) is 51.2 Å². The molecule has 0 spiro atoms. The number of hydrogen-bond donors (Lipinski definition) is 2. The molecule has 0 aliphatic rings. The molecule has 2 N–H and O–H groups in total. The van der Waals surface area contributed by atoms with Crippen molar-refractivity contribution in [3.63, 3.8) is 0 Å². The van der Waals surface area contributed by atoms with E-state index in [2.05, 4.69) is 15.3 Å². The van der Waals surface area contributed by atoms with E-state index >= 15 is 0 Å². The molecule has 0 aliphatic carbocycles. The maximum absolute atomic E-state index is 13.0. The van der Waals surface area contributed by atoms with Gasteiger partial charge in [-0.05, 0) is 24.1 Å². The maximum Gasteiger partial charge on any atom is 0.252 e. The minimum Gasteiger partial charge on any atom is -0.326 e. The third kappa shape index (κ3) is 3.32. The van der Waals surface area contributed by atoms with Crippen molar-refractivity contribution >= 4 is 23.2 Å². The fourth-order valence-electron chi connectivity index (χ4n) is 1.54. The van der Waals surface area contributed by atoms with Crippen LogP contribution in [0.3, 0.4) is 0 Å². The molecule has 100 valence electrons. The average molecular weight is 282 g/mol. The van der Waals surface area contributed by atoms with Crippen LogP contribution in [-0.4, -0.2) is 9.97 Å². The summed E-state index contributed by atoms with van der Waals surface area (Å²) in [6.45, 7) is 3.89. The van der Waals surface area contributed by atoms with Gasteiger partial charge in [0.05, 0.1) is 10.7 Å². The minimum absolute atomic E-state index is 0.00682. The van der Waals surface area contributed by atoms with Gasteiger partial charge in [-0.3, -0.25) is 9.78 Å². The molecule has 1 aromatic carbocycles. The van der Waals surface area contributed by atoms with E-state index in [1.807, 2.05) is 13.8 Å². The summed E-state index contributed by atoms with van der Waals surface area (Å²) in [7, 11) is 0. The Morgan fingerprint density at radius 1 is 1.37 bits per heavy atom. The van der Waals surface area contributed by atoms with Crippen molar-refractivity contribution in [1.82, 2.24) is 9.97 Å². The van der Waals surface area contributed by atoms with E-state index in [0.717, 1.165) is 0 Å². The van der Waals surface area contributed by atoms with E-state index < -0.39 is 5.82 Å². The number of hydrogen-bond acceptors (Lipinski definition) is 3. The number of anilines is 2. The highest BCUT2D eigenvalue weighted by Gasteiger charge is 2.06. The smallest absolute Gasteiger partial charge is 0.252 e. The number of rotatable bonds is 3. The van der Waals surface area contributed by atoms with Gasteiger partial charge in [0.1, 0.15) is 5.82 Å². The van der Waals surface area contributed by atoms with Crippen LogP contribution in [0.5, 0.6) is 0 Å². The first-order chi connectivity index (χ1) is 8.95. The van der Waals surface area contributed by atoms with Gasteiger partial charge >= 0.3 is 0 Å². The predicted molar refractivity (Wildman–Crippen MR) is 73.6 cm³/mol. The highest BCUT2D eigenvalue weighted by atomic mass is 35.5. The number of aromatic nitrogens is 2. The summed E-state index contributed by atoms with van der Waals surface area (Å²) in [6.07, 6.45) is 0. The van der Waals surface area contributed by atoms with Gasteiger partial charge in [-0.15, -0.1) is 0 Å². The lowest BCUT2D eigenvalue weighted by atomic mass is 10.1. The van der Waals surface area contributed by atoms with Crippen LogP contribution in [0, 0.1) is 5.82 Å². The lowest BCUT2D eigenvalue weighted by Gasteiger charge is -2.09. The van der Waals surface area contributed by atoms with Crippen molar-refractivity contribution in [1.29, 1.82) is 0 Å². The van der Waals surface area contributed by atoms with Crippen LogP contribution < -0.4 is 10.9 Å². The molecular formula is C13H13ClFN3O. The number of nitrogens with zero attached hydrogens (tertiary/aromatic N) is 1. The van der Waals surface area contributed by atoms with Crippen LogP contribution in [0.4, 0.5) is 16.0 Å². The van der Waals surface area contributed by atoms with Crippen molar-refractivity contribution in [2.45, 2.75) is 19.8 Å². The van der Waals surface area contributed by atoms with E-state index in [1.54, 1.807) is 0 Å². The second-order valence-electron chi connectivity index (χ2n) is 4.43. The Balaban J connectivity index is 2.32. The Morgan fingerprint density at radius 2 is 2.11 bits per heavy atom. The molecule has 0 saturated heterocycles. The van der Waals surface area contributed by atoms with E-state index in [-0.39, 0.29) is 16.5 Å². The summed E-state index contributed by atoms with van der Waals surface area (Å²) in [6, 6.07) is 5.64. The van der Waals surface area contributed by atoms with E-state index in [9.17, 15) is 9.18 Å². The summed E-state index contributed by atoms with van der Waals surface area (Å²) < 4.78 is 13.0. The predicted octanol–water partition coefficient (Wildman–Crippen LogP) is 3.43. The van der Waals surface area contributed by atoms with Crippen LogP contribution in [0.2, 0.25) is 5.02 Å². The second-order valence-corrected chi connectivity index (χ2v) is 4.83. The number of aromatic amines is 1. The molecule has 0 fully saturated rings. The standard InChI is InChI=1S/C13H13ClFN3O/c1-7(2)11-6-12(19)18-13(17-11)16-8-3-4-10(15)9(14)5-8/h3-7H,1-2H3,(H2,16,17,18,19). The first-order valence-corrected chi connectivity index (χ1v) is 6.17. The van der Waals surface area contributed by atoms with E-state index in [4.69, 9.17) is 11.6 Å². The summed E-state index contributed by atoms with van der Waals surface area (Å²) in [5.41, 5.74) is 0.990. The second kappa shape index (κ2) is 5.40. The molecular weight excluding hydrogens is 269 g/mol. The third-order valence-electron chi connectivity index (χ3n) is 2.54. The average Bonchev–Trinajstić information content (AvgIpc) is 2.33. The lowest BCUT2D eigenvalue weighted by Crippen LogP contribution is -2.12. The maximum atomic E-state index is 13.0. The first-order valence-electron chi connectivity index (χ1n) is 5.79. The molecule has 2 aromatic rings. The lowest BCUT2D eigenvalue weighted by molar-refractivity contribution is 0.628. The number of H-pyrrole nitrogens is 1. The molecule has 19 heavy (non-hydrogen) atoms. The Bertz CT molecular complexity index is 655. The van der Waals surface area contributed by atoms with Gasteiger partial charge < -0.3 is 5.32 Å². The Kier molecular flexibility index (Phi) is 3.85. The van der Waals surface area contributed by atoms with Crippen LogP contribution in [0.1, 0.15) is 25.5 Å². The Morgan fingerprint density at radius 3 is 2.74 bits per heavy atom. The summed E-state index contributed by atoms with van der Waals surface area (Å²) in [4.78, 5) is 18.4. The van der Waals surface area contributed by atoms with Gasteiger partial charge in [-0.25, -0.2) is 9.37 Å². The van der Waals surface area contributed by atoms with Crippen LogP contribution in [0.15, 0.2) is 29.1 Å². The molecule has 4 nitrogen and oxygen atoms in total. The molecule has 0 saturated carbocycles. The van der Waals surface area contributed by atoms with E-state index in [1.165, 1.54) is 24.3 Å². The molecule has 0 radical (unpaired) electrons. The monoisotopic (exact) mass is 281 g/mol. The molecule has 0 unspecified atom stereocenters. The summed E-state index contributed by atoms with van der Waals surface area (Å²) in [5, 5.41) is 2.90. The SMILES string of the molecule is CC(C)c1cc(=O)[nH]c(Nc2ccc(F)c(Cl)c2)n1. The highest BCUT2D eigenvalue weighted by Crippen LogP contribution is 2.21. The Hall–Kier alpha value is -1.88. The zero-order chi connectivity index (χ0) is 14.0.